The minimum absolute atomic E-state index is 0.345. The van der Waals surface area contributed by atoms with Crippen molar-refractivity contribution in [1.82, 2.24) is 0 Å². The van der Waals surface area contributed by atoms with Gasteiger partial charge >= 0.3 is 0 Å². The van der Waals surface area contributed by atoms with Crippen LogP contribution >= 0.6 is 0 Å². The third kappa shape index (κ3) is 3.54. The molecule has 1 nitrogen and oxygen atoms in total. The van der Waals surface area contributed by atoms with Gasteiger partial charge < -0.3 is 0 Å². The van der Waals surface area contributed by atoms with Crippen molar-refractivity contribution in [2.45, 2.75) is 52.4 Å². The highest BCUT2D eigenvalue weighted by atomic mass is 16.1. The summed E-state index contributed by atoms with van der Waals surface area (Å²) >= 11 is 0. The van der Waals surface area contributed by atoms with Crippen LogP contribution in [0.5, 0.6) is 0 Å². The van der Waals surface area contributed by atoms with Crippen LogP contribution in [0.2, 0.25) is 0 Å². The van der Waals surface area contributed by atoms with Crippen LogP contribution in [-0.2, 0) is 4.79 Å². The minimum Gasteiger partial charge on any atom is -0.299 e. The molecule has 0 radical (unpaired) electrons. The fraction of sp³-hybridized carbons (Fsp3) is 0.769. The largest absolute Gasteiger partial charge is 0.299 e. The van der Waals surface area contributed by atoms with Crippen molar-refractivity contribution >= 4 is 5.78 Å². The summed E-state index contributed by atoms with van der Waals surface area (Å²) in [6, 6.07) is 0. The number of carbonyl (C=O) groups is 1. The van der Waals surface area contributed by atoms with Crippen molar-refractivity contribution < 1.29 is 4.79 Å². The Morgan fingerprint density at radius 1 is 1.43 bits per heavy atom. The lowest BCUT2D eigenvalue weighted by Crippen LogP contribution is -2.21. The first-order valence-corrected chi connectivity index (χ1v) is 5.66. The predicted octanol–water partition coefficient (Wildman–Crippen LogP) is 3.19. The van der Waals surface area contributed by atoms with Crippen LogP contribution in [0.4, 0.5) is 0 Å². The van der Waals surface area contributed by atoms with E-state index in [1.807, 2.05) is 6.92 Å². The van der Waals surface area contributed by atoms with Gasteiger partial charge in [0.25, 0.3) is 0 Å². The van der Waals surface area contributed by atoms with E-state index in [1.54, 1.807) is 0 Å². The van der Waals surface area contributed by atoms with E-state index >= 15 is 0 Å². The van der Waals surface area contributed by atoms with Crippen molar-refractivity contribution in [3.8, 4) is 11.8 Å². The number of rotatable bonds is 3. The first kappa shape index (κ1) is 11.3. The zero-order chi connectivity index (χ0) is 10.4. The molecule has 0 spiro atoms. The average Bonchev–Trinajstić information content (AvgIpc) is 2.18. The summed E-state index contributed by atoms with van der Waals surface area (Å²) in [5, 5.41) is 0. The molecular weight excluding hydrogens is 172 g/mol. The van der Waals surface area contributed by atoms with Crippen LogP contribution < -0.4 is 0 Å². The van der Waals surface area contributed by atoms with Gasteiger partial charge in [0, 0.05) is 18.8 Å². The van der Waals surface area contributed by atoms with Gasteiger partial charge in [0.2, 0.25) is 0 Å². The lowest BCUT2D eigenvalue weighted by atomic mass is 9.79. The van der Waals surface area contributed by atoms with Gasteiger partial charge in [-0.3, -0.25) is 4.79 Å². The molecule has 1 saturated carbocycles. The number of hydrogen-bond acceptors (Lipinski definition) is 1. The highest BCUT2D eigenvalue weighted by Gasteiger charge is 2.23. The Kier molecular flexibility index (Phi) is 4.73. The lowest BCUT2D eigenvalue weighted by Gasteiger charge is -2.25. The topological polar surface area (TPSA) is 17.1 Å². The molecule has 0 aromatic carbocycles. The highest BCUT2D eigenvalue weighted by molar-refractivity contribution is 5.81. The first-order valence-electron chi connectivity index (χ1n) is 5.66. The van der Waals surface area contributed by atoms with Crippen LogP contribution in [0.1, 0.15) is 52.4 Å². The van der Waals surface area contributed by atoms with Gasteiger partial charge in [-0.25, -0.2) is 0 Å². The van der Waals surface area contributed by atoms with Gasteiger partial charge in [-0.05, 0) is 25.7 Å². The molecule has 1 rings (SSSR count). The van der Waals surface area contributed by atoms with Crippen LogP contribution in [0.3, 0.4) is 0 Å². The van der Waals surface area contributed by atoms with Crippen LogP contribution in [0.15, 0.2) is 0 Å². The number of carbonyl (C=O) groups excluding carboxylic acids is 1. The molecule has 78 valence electrons. The maximum Gasteiger partial charge on any atom is 0.136 e. The normalized spacial score (nSPS) is 26.4. The zero-order valence-electron chi connectivity index (χ0n) is 9.31. The molecular formula is C13H20O. The van der Waals surface area contributed by atoms with Gasteiger partial charge in [0.05, 0.1) is 0 Å². The second-order valence-electron chi connectivity index (χ2n) is 4.36. The summed E-state index contributed by atoms with van der Waals surface area (Å²) in [7, 11) is 0. The van der Waals surface area contributed by atoms with E-state index in [2.05, 4.69) is 18.8 Å². The van der Waals surface area contributed by atoms with Gasteiger partial charge in [0.15, 0.2) is 0 Å². The summed E-state index contributed by atoms with van der Waals surface area (Å²) in [6.07, 6.45) is 6.18. The quantitative estimate of drug-likeness (QED) is 0.628. The molecule has 0 saturated heterocycles. The molecule has 0 amide bonds. The Morgan fingerprint density at radius 2 is 2.21 bits per heavy atom. The SMILES string of the molecule is CC#CCCC(=O)C1CCCC(C)C1. The molecule has 2 unspecified atom stereocenters. The Labute approximate surface area is 87.3 Å². The van der Waals surface area contributed by atoms with Crippen LogP contribution in [0, 0.1) is 23.7 Å². The smallest absolute Gasteiger partial charge is 0.136 e. The molecule has 1 aliphatic rings. The molecule has 0 bridgehead atoms. The molecule has 1 fully saturated rings. The second kappa shape index (κ2) is 5.86. The van der Waals surface area contributed by atoms with Crippen LogP contribution in [0.25, 0.3) is 0 Å². The van der Waals surface area contributed by atoms with Gasteiger partial charge in [-0.15, -0.1) is 11.8 Å². The Morgan fingerprint density at radius 3 is 2.86 bits per heavy atom. The third-order valence-electron chi connectivity index (χ3n) is 3.06. The minimum atomic E-state index is 0.345. The summed E-state index contributed by atoms with van der Waals surface area (Å²) < 4.78 is 0. The fourth-order valence-electron chi connectivity index (χ4n) is 2.24. The summed E-state index contributed by atoms with van der Waals surface area (Å²) in [5.74, 6) is 7.33. The Hall–Kier alpha value is -0.770. The molecule has 0 aromatic heterocycles. The van der Waals surface area contributed by atoms with Gasteiger partial charge in [-0.2, -0.15) is 0 Å². The molecule has 0 N–H and O–H groups in total. The van der Waals surface area contributed by atoms with Gasteiger partial charge in [-0.1, -0.05) is 19.8 Å². The maximum atomic E-state index is 11.8. The standard InChI is InChI=1S/C13H20O/c1-3-4-5-9-13(14)12-8-6-7-11(2)10-12/h11-12H,5-10H2,1-2H3. The zero-order valence-corrected chi connectivity index (χ0v) is 9.31. The lowest BCUT2D eigenvalue weighted by molar-refractivity contribution is -0.124. The molecule has 2 atom stereocenters. The molecule has 0 aliphatic heterocycles. The van der Waals surface area contributed by atoms with E-state index in [9.17, 15) is 4.79 Å². The van der Waals surface area contributed by atoms with E-state index in [1.165, 1.54) is 12.8 Å². The fourth-order valence-corrected chi connectivity index (χ4v) is 2.24. The molecule has 1 heteroatoms. The van der Waals surface area contributed by atoms with Crippen LogP contribution in [-0.4, -0.2) is 5.78 Å². The van der Waals surface area contributed by atoms with E-state index in [-0.39, 0.29) is 0 Å². The van der Waals surface area contributed by atoms with Crippen molar-refractivity contribution in [2.24, 2.45) is 11.8 Å². The van der Waals surface area contributed by atoms with E-state index in [0.29, 0.717) is 18.1 Å². The van der Waals surface area contributed by atoms with E-state index in [4.69, 9.17) is 0 Å². The highest BCUT2D eigenvalue weighted by Crippen LogP contribution is 2.29. The monoisotopic (exact) mass is 192 g/mol. The van der Waals surface area contributed by atoms with E-state index < -0.39 is 0 Å². The second-order valence-corrected chi connectivity index (χ2v) is 4.36. The van der Waals surface area contributed by atoms with E-state index in [0.717, 1.165) is 25.2 Å². The van der Waals surface area contributed by atoms with Crippen molar-refractivity contribution in [2.75, 3.05) is 0 Å². The number of Topliss-reactive ketones (excluding diaryl/α,β-unsaturated/α-hetero) is 1. The summed E-state index contributed by atoms with van der Waals surface area (Å²) in [5.41, 5.74) is 0. The average molecular weight is 192 g/mol. The van der Waals surface area contributed by atoms with Crippen molar-refractivity contribution in [3.63, 3.8) is 0 Å². The Balaban J connectivity index is 2.31. The van der Waals surface area contributed by atoms with Gasteiger partial charge in [0.1, 0.15) is 5.78 Å². The van der Waals surface area contributed by atoms with Crippen molar-refractivity contribution in [1.29, 1.82) is 0 Å². The number of ketones is 1. The summed E-state index contributed by atoms with van der Waals surface area (Å²) in [6.45, 7) is 4.08. The first-order chi connectivity index (χ1) is 6.74. The molecule has 0 aromatic rings. The molecule has 14 heavy (non-hydrogen) atoms. The maximum absolute atomic E-state index is 11.8. The number of hydrogen-bond donors (Lipinski definition) is 0. The Bertz CT molecular complexity index is 244. The molecule has 0 heterocycles. The van der Waals surface area contributed by atoms with Crippen molar-refractivity contribution in [3.05, 3.63) is 0 Å². The predicted molar refractivity (Wildman–Crippen MR) is 58.8 cm³/mol. The molecule has 1 aliphatic carbocycles. The summed E-state index contributed by atoms with van der Waals surface area (Å²) in [4.78, 5) is 11.8. The third-order valence-corrected chi connectivity index (χ3v) is 3.06.